The summed E-state index contributed by atoms with van der Waals surface area (Å²) < 4.78 is 0. The monoisotopic (exact) mass is 346 g/mol. The number of anilines is 2. The zero-order valence-corrected chi connectivity index (χ0v) is 14.5. The van der Waals surface area contributed by atoms with Crippen LogP contribution in [0.15, 0.2) is 29.8 Å². The van der Waals surface area contributed by atoms with Crippen LogP contribution in [0.5, 0.6) is 0 Å². The third kappa shape index (κ3) is 4.28. The van der Waals surface area contributed by atoms with Gasteiger partial charge in [-0.25, -0.2) is 9.97 Å². The molecular formula is C16H22N6OS. The number of nitrogens with one attached hydrogen (secondary N) is 1. The normalized spacial score (nSPS) is 16.8. The lowest BCUT2D eigenvalue weighted by molar-refractivity contribution is -0.117. The number of piperazine rings is 1. The Bertz CT molecular complexity index is 666. The minimum Gasteiger partial charge on any atom is -0.354 e. The van der Waals surface area contributed by atoms with Gasteiger partial charge in [0.25, 0.3) is 0 Å². The van der Waals surface area contributed by atoms with Crippen LogP contribution in [0.1, 0.15) is 12.6 Å². The zero-order chi connectivity index (χ0) is 16.9. The molecule has 7 nitrogen and oxygen atoms in total. The summed E-state index contributed by atoms with van der Waals surface area (Å²) in [5, 5.41) is 5.33. The number of carbonyl (C=O) groups excluding carboxylic acids is 1. The van der Waals surface area contributed by atoms with Crippen molar-refractivity contribution in [2.45, 2.75) is 19.5 Å². The highest BCUT2D eigenvalue weighted by Gasteiger charge is 2.19. The van der Waals surface area contributed by atoms with Crippen molar-refractivity contribution in [3.8, 4) is 0 Å². The molecule has 2 aromatic heterocycles. The third-order valence-electron chi connectivity index (χ3n) is 3.93. The topological polar surface area (TPSA) is 87.4 Å². The van der Waals surface area contributed by atoms with Crippen molar-refractivity contribution in [2.24, 2.45) is 5.73 Å². The largest absolute Gasteiger partial charge is 0.354 e. The highest BCUT2D eigenvalue weighted by atomic mass is 32.1. The van der Waals surface area contributed by atoms with Crippen molar-refractivity contribution in [1.82, 2.24) is 14.9 Å². The number of nitrogens with two attached hydrogens (primary N) is 1. The van der Waals surface area contributed by atoms with Crippen LogP contribution in [0.4, 0.5) is 10.9 Å². The van der Waals surface area contributed by atoms with Crippen LogP contribution in [-0.2, 0) is 11.3 Å². The number of rotatable bonds is 5. The SMILES string of the molecule is C[C@@H](N)C(=O)Nc1nc(CN2CCN(c3ccccn3)CC2)cs1. The summed E-state index contributed by atoms with van der Waals surface area (Å²) >= 11 is 1.44. The Balaban J connectivity index is 1.50. The van der Waals surface area contributed by atoms with E-state index < -0.39 is 6.04 Å². The van der Waals surface area contributed by atoms with Crippen molar-refractivity contribution < 1.29 is 4.79 Å². The van der Waals surface area contributed by atoms with Gasteiger partial charge < -0.3 is 16.0 Å². The van der Waals surface area contributed by atoms with E-state index in [-0.39, 0.29) is 5.91 Å². The number of amides is 1. The second-order valence-electron chi connectivity index (χ2n) is 5.87. The molecule has 1 fully saturated rings. The molecule has 0 unspecified atom stereocenters. The molecule has 3 N–H and O–H groups in total. The maximum absolute atomic E-state index is 11.6. The summed E-state index contributed by atoms with van der Waals surface area (Å²) in [5.74, 6) is 0.826. The Morgan fingerprint density at radius 3 is 2.83 bits per heavy atom. The summed E-state index contributed by atoms with van der Waals surface area (Å²) in [5.41, 5.74) is 6.53. The van der Waals surface area contributed by atoms with Gasteiger partial charge >= 0.3 is 0 Å². The molecule has 2 aromatic rings. The molecule has 0 aromatic carbocycles. The Labute approximate surface area is 145 Å². The highest BCUT2D eigenvalue weighted by Crippen LogP contribution is 2.18. The summed E-state index contributed by atoms with van der Waals surface area (Å²) in [6, 6.07) is 5.46. The van der Waals surface area contributed by atoms with Crippen LogP contribution in [-0.4, -0.2) is 53.0 Å². The van der Waals surface area contributed by atoms with E-state index in [0.29, 0.717) is 5.13 Å². The molecule has 0 aliphatic carbocycles. The number of aromatic nitrogens is 2. The molecule has 3 heterocycles. The van der Waals surface area contributed by atoms with Crippen LogP contribution in [0.3, 0.4) is 0 Å². The molecule has 3 rings (SSSR count). The fourth-order valence-corrected chi connectivity index (χ4v) is 3.27. The minimum atomic E-state index is -0.531. The molecule has 1 aliphatic rings. The molecule has 1 amide bonds. The lowest BCUT2D eigenvalue weighted by atomic mass is 10.3. The zero-order valence-electron chi connectivity index (χ0n) is 13.7. The van der Waals surface area contributed by atoms with Crippen molar-refractivity contribution in [3.05, 3.63) is 35.5 Å². The first-order chi connectivity index (χ1) is 11.6. The van der Waals surface area contributed by atoms with Crippen LogP contribution >= 0.6 is 11.3 Å². The lowest BCUT2D eigenvalue weighted by Crippen LogP contribution is -2.46. The van der Waals surface area contributed by atoms with Crippen LogP contribution in [0.25, 0.3) is 0 Å². The smallest absolute Gasteiger partial charge is 0.242 e. The van der Waals surface area contributed by atoms with Gasteiger partial charge in [-0.2, -0.15) is 0 Å². The van der Waals surface area contributed by atoms with E-state index in [9.17, 15) is 4.79 Å². The van der Waals surface area contributed by atoms with Gasteiger partial charge in [0.15, 0.2) is 5.13 Å². The van der Waals surface area contributed by atoms with E-state index in [2.05, 4.69) is 25.1 Å². The Morgan fingerprint density at radius 2 is 2.17 bits per heavy atom. The highest BCUT2D eigenvalue weighted by molar-refractivity contribution is 7.13. The average molecular weight is 346 g/mol. The average Bonchev–Trinajstić information content (AvgIpc) is 3.03. The molecule has 1 aliphatic heterocycles. The van der Waals surface area contributed by atoms with Gasteiger partial charge in [0.2, 0.25) is 5.91 Å². The van der Waals surface area contributed by atoms with Gasteiger partial charge in [0, 0.05) is 44.3 Å². The van der Waals surface area contributed by atoms with Gasteiger partial charge in [-0.15, -0.1) is 11.3 Å². The van der Waals surface area contributed by atoms with Crippen molar-refractivity contribution in [2.75, 3.05) is 36.4 Å². The maximum atomic E-state index is 11.6. The molecule has 1 atom stereocenters. The fourth-order valence-electron chi connectivity index (χ4n) is 2.56. The molecule has 0 spiro atoms. The molecular weight excluding hydrogens is 324 g/mol. The number of thiazole rings is 1. The molecule has 1 saturated heterocycles. The van der Waals surface area contributed by atoms with Crippen LogP contribution < -0.4 is 16.0 Å². The molecule has 0 bridgehead atoms. The van der Waals surface area contributed by atoms with Crippen LogP contribution in [0.2, 0.25) is 0 Å². The Hall–Kier alpha value is -2.03. The van der Waals surface area contributed by atoms with Gasteiger partial charge in [0.05, 0.1) is 11.7 Å². The second kappa shape index (κ2) is 7.69. The lowest BCUT2D eigenvalue weighted by Gasteiger charge is -2.35. The molecule has 8 heteroatoms. The van der Waals surface area contributed by atoms with Crippen molar-refractivity contribution in [1.29, 1.82) is 0 Å². The summed E-state index contributed by atoms with van der Waals surface area (Å²) in [7, 11) is 0. The van der Waals surface area contributed by atoms with Crippen molar-refractivity contribution >= 4 is 28.2 Å². The van der Waals surface area contributed by atoms with E-state index in [4.69, 9.17) is 5.73 Å². The first-order valence-electron chi connectivity index (χ1n) is 8.01. The minimum absolute atomic E-state index is 0.208. The van der Waals surface area contributed by atoms with Gasteiger partial charge in [-0.05, 0) is 19.1 Å². The Kier molecular flexibility index (Phi) is 5.39. The first-order valence-corrected chi connectivity index (χ1v) is 8.89. The van der Waals surface area contributed by atoms with Crippen LogP contribution in [0, 0.1) is 0 Å². The summed E-state index contributed by atoms with van der Waals surface area (Å²) in [6.07, 6.45) is 1.83. The summed E-state index contributed by atoms with van der Waals surface area (Å²) in [4.78, 5) is 25.1. The van der Waals surface area contributed by atoms with E-state index in [1.54, 1.807) is 6.92 Å². The van der Waals surface area contributed by atoms with Gasteiger partial charge in [-0.3, -0.25) is 9.69 Å². The number of carbonyl (C=O) groups is 1. The second-order valence-corrected chi connectivity index (χ2v) is 6.73. The predicted molar refractivity (Wildman–Crippen MR) is 96.1 cm³/mol. The number of hydrogen-bond acceptors (Lipinski definition) is 7. The van der Waals surface area contributed by atoms with E-state index in [1.807, 2.05) is 29.8 Å². The Morgan fingerprint density at radius 1 is 1.38 bits per heavy atom. The van der Waals surface area contributed by atoms with Crippen molar-refractivity contribution in [3.63, 3.8) is 0 Å². The number of pyridine rings is 1. The van der Waals surface area contributed by atoms with E-state index >= 15 is 0 Å². The molecule has 0 radical (unpaired) electrons. The number of hydrogen-bond donors (Lipinski definition) is 2. The van der Waals surface area contributed by atoms with E-state index in [1.165, 1.54) is 11.3 Å². The van der Waals surface area contributed by atoms with Gasteiger partial charge in [-0.1, -0.05) is 6.07 Å². The standard InChI is InChI=1S/C16H22N6OS/c1-12(17)15(23)20-16-19-13(11-24-16)10-21-6-8-22(9-7-21)14-4-2-3-5-18-14/h2-5,11-12H,6-10,17H2,1H3,(H,19,20,23)/t12-/m1/s1. The molecule has 0 saturated carbocycles. The fraction of sp³-hybridized carbons (Fsp3) is 0.438. The quantitative estimate of drug-likeness (QED) is 0.844. The third-order valence-corrected chi connectivity index (χ3v) is 4.73. The first kappa shape index (κ1) is 16.8. The van der Waals surface area contributed by atoms with E-state index in [0.717, 1.165) is 44.2 Å². The maximum Gasteiger partial charge on any atom is 0.242 e. The predicted octanol–water partition coefficient (Wildman–Crippen LogP) is 1.15. The van der Waals surface area contributed by atoms with Gasteiger partial charge in [0.1, 0.15) is 5.82 Å². The number of nitrogens with zero attached hydrogens (tertiary/aromatic N) is 4. The molecule has 24 heavy (non-hydrogen) atoms. The molecule has 128 valence electrons. The summed E-state index contributed by atoms with van der Waals surface area (Å²) in [6.45, 7) is 6.29.